The van der Waals surface area contributed by atoms with Gasteiger partial charge in [-0.05, 0) is 12.8 Å². The normalized spacial score (nSPS) is 13.6. The topological polar surface area (TPSA) is 52.2 Å². The van der Waals surface area contributed by atoms with Gasteiger partial charge >= 0.3 is 0 Å². The van der Waals surface area contributed by atoms with E-state index in [4.69, 9.17) is 0 Å². The maximum Gasteiger partial charge on any atom is 0.0181 e. The Labute approximate surface area is 65.8 Å². The Balaban J connectivity index is 2.83. The second-order valence-corrected chi connectivity index (χ2v) is 3.08. The van der Waals surface area contributed by atoms with Gasteiger partial charge in [-0.15, -0.1) is 0 Å². The summed E-state index contributed by atoms with van der Waals surface area (Å²) in [6.45, 7) is 0.543. The molecule has 0 spiro atoms. The summed E-state index contributed by atoms with van der Waals surface area (Å²) in [5.74, 6) is 0. The minimum atomic E-state index is -2.08. The van der Waals surface area contributed by atoms with Gasteiger partial charge in [0.2, 0.25) is 0 Å². The Kier molecular flexibility index (Phi) is 7.07. The molecule has 9 heavy (non-hydrogen) atoms. The van der Waals surface area contributed by atoms with E-state index in [2.05, 4.69) is 20.7 Å². The monoisotopic (exact) mass is 214 g/mol. The lowest BCUT2D eigenvalue weighted by Gasteiger charge is -2.04. The van der Waals surface area contributed by atoms with Gasteiger partial charge in [0.15, 0.2) is 0 Å². The van der Waals surface area contributed by atoms with Gasteiger partial charge in [-0.1, -0.05) is 15.9 Å². The Morgan fingerprint density at radius 2 is 2.22 bits per heavy atom. The highest BCUT2D eigenvalue weighted by atomic mass is 79.9. The molecule has 0 bridgehead atoms. The molecule has 0 fully saturated rings. The standard InChI is InChI=1S/C4H10BrNO2S/c5-3-1-2-4-6-9(7)8/h6H,1-4H2,(H,7,8)/p-1. The molecule has 0 aromatic rings. The first kappa shape index (κ1) is 9.55. The van der Waals surface area contributed by atoms with E-state index < -0.39 is 11.3 Å². The van der Waals surface area contributed by atoms with Crippen LogP contribution in [0.5, 0.6) is 0 Å². The van der Waals surface area contributed by atoms with Crippen LogP contribution in [0.4, 0.5) is 0 Å². The summed E-state index contributed by atoms with van der Waals surface area (Å²) in [6, 6.07) is 0. The summed E-state index contributed by atoms with van der Waals surface area (Å²) in [6.07, 6.45) is 1.89. The average Bonchev–Trinajstić information content (AvgIpc) is 1.80. The van der Waals surface area contributed by atoms with Crippen LogP contribution in [0.15, 0.2) is 0 Å². The molecule has 3 nitrogen and oxygen atoms in total. The lowest BCUT2D eigenvalue weighted by Crippen LogP contribution is -2.17. The van der Waals surface area contributed by atoms with Crippen molar-refractivity contribution in [2.75, 3.05) is 11.9 Å². The van der Waals surface area contributed by atoms with E-state index in [1.54, 1.807) is 0 Å². The molecule has 0 amide bonds. The van der Waals surface area contributed by atoms with Gasteiger partial charge < -0.3 is 4.55 Å². The van der Waals surface area contributed by atoms with Crippen LogP contribution in [0.25, 0.3) is 0 Å². The molecule has 0 aliphatic rings. The van der Waals surface area contributed by atoms with Crippen molar-refractivity contribution in [2.45, 2.75) is 12.8 Å². The largest absolute Gasteiger partial charge is 0.760 e. The summed E-state index contributed by atoms with van der Waals surface area (Å²) < 4.78 is 22.0. The molecule has 0 aromatic heterocycles. The fourth-order valence-electron chi connectivity index (χ4n) is 0.375. The summed E-state index contributed by atoms with van der Waals surface area (Å²) in [5, 5.41) is 0.931. The number of halogens is 1. The smallest absolute Gasteiger partial charge is 0.0181 e. The van der Waals surface area contributed by atoms with E-state index in [0.29, 0.717) is 6.54 Å². The van der Waals surface area contributed by atoms with Gasteiger partial charge in [0, 0.05) is 23.1 Å². The van der Waals surface area contributed by atoms with Crippen LogP contribution in [0, 0.1) is 0 Å². The third kappa shape index (κ3) is 8.55. The lowest BCUT2D eigenvalue weighted by atomic mass is 10.3. The number of rotatable bonds is 5. The molecule has 0 saturated heterocycles. The molecule has 0 radical (unpaired) electrons. The van der Waals surface area contributed by atoms with Gasteiger partial charge in [-0.3, -0.25) is 4.21 Å². The lowest BCUT2D eigenvalue weighted by molar-refractivity contribution is 0.521. The van der Waals surface area contributed by atoms with Crippen molar-refractivity contribution in [1.29, 1.82) is 0 Å². The van der Waals surface area contributed by atoms with Crippen LogP contribution in [0.1, 0.15) is 12.8 Å². The second kappa shape index (κ2) is 6.67. The van der Waals surface area contributed by atoms with Crippen LogP contribution < -0.4 is 4.72 Å². The minimum absolute atomic E-state index is 0.543. The van der Waals surface area contributed by atoms with Gasteiger partial charge in [-0.2, -0.15) is 0 Å². The molecule has 0 heterocycles. The van der Waals surface area contributed by atoms with Crippen molar-refractivity contribution in [2.24, 2.45) is 0 Å². The van der Waals surface area contributed by atoms with Gasteiger partial charge in [-0.25, -0.2) is 4.72 Å². The van der Waals surface area contributed by atoms with Crippen molar-refractivity contribution in [3.8, 4) is 0 Å². The third-order valence-corrected chi connectivity index (χ3v) is 1.78. The summed E-state index contributed by atoms with van der Waals surface area (Å²) in [5.41, 5.74) is 0. The molecule has 0 aliphatic carbocycles. The molecule has 0 aromatic carbocycles. The number of alkyl halides is 1. The highest BCUT2D eigenvalue weighted by Crippen LogP contribution is 1.91. The Hall–Kier alpha value is 0.550. The Bertz CT molecular complexity index is 90.6. The summed E-state index contributed by atoms with van der Waals surface area (Å²) in [4.78, 5) is 0. The molecule has 0 aliphatic heterocycles. The van der Waals surface area contributed by atoms with E-state index in [0.717, 1.165) is 18.2 Å². The summed E-state index contributed by atoms with van der Waals surface area (Å²) in [7, 11) is 0. The van der Waals surface area contributed by atoms with E-state index in [1.165, 1.54) is 0 Å². The van der Waals surface area contributed by atoms with E-state index in [-0.39, 0.29) is 0 Å². The molecule has 0 rings (SSSR count). The van der Waals surface area contributed by atoms with Crippen molar-refractivity contribution < 1.29 is 8.76 Å². The first-order valence-electron chi connectivity index (χ1n) is 2.66. The highest BCUT2D eigenvalue weighted by Gasteiger charge is 1.84. The van der Waals surface area contributed by atoms with Gasteiger partial charge in [0.25, 0.3) is 0 Å². The fourth-order valence-corrected chi connectivity index (χ4v) is 1.08. The Morgan fingerprint density at radius 1 is 1.56 bits per heavy atom. The highest BCUT2D eigenvalue weighted by molar-refractivity contribution is 9.09. The van der Waals surface area contributed by atoms with Crippen LogP contribution in [-0.4, -0.2) is 20.6 Å². The van der Waals surface area contributed by atoms with Crippen LogP contribution in [0.3, 0.4) is 0 Å². The Morgan fingerprint density at radius 3 is 2.67 bits per heavy atom. The molecular formula is C4H9BrNO2S-. The van der Waals surface area contributed by atoms with Gasteiger partial charge in [0.05, 0.1) is 0 Å². The SMILES string of the molecule is O=S([O-])NCCCCBr. The fraction of sp³-hybridized carbons (Fsp3) is 1.00. The zero-order chi connectivity index (χ0) is 7.11. The number of unbranched alkanes of at least 4 members (excludes halogenated alkanes) is 1. The molecule has 5 heteroatoms. The number of nitrogens with one attached hydrogen (secondary N) is 1. The molecule has 1 atom stereocenters. The van der Waals surface area contributed by atoms with E-state index in [9.17, 15) is 8.76 Å². The molecule has 0 saturated carbocycles. The maximum atomic E-state index is 9.84. The van der Waals surface area contributed by atoms with Crippen LogP contribution in [0.2, 0.25) is 0 Å². The zero-order valence-electron chi connectivity index (χ0n) is 4.93. The first-order valence-corrected chi connectivity index (χ1v) is 4.85. The molecule has 1 unspecified atom stereocenters. The van der Waals surface area contributed by atoms with Crippen molar-refractivity contribution in [3.63, 3.8) is 0 Å². The zero-order valence-corrected chi connectivity index (χ0v) is 7.33. The van der Waals surface area contributed by atoms with Crippen molar-refractivity contribution in [3.05, 3.63) is 0 Å². The second-order valence-electron chi connectivity index (χ2n) is 1.53. The minimum Gasteiger partial charge on any atom is -0.760 e. The van der Waals surface area contributed by atoms with E-state index >= 15 is 0 Å². The summed E-state index contributed by atoms with van der Waals surface area (Å²) >= 11 is 1.15. The third-order valence-electron chi connectivity index (χ3n) is 0.780. The molecule has 56 valence electrons. The van der Waals surface area contributed by atoms with Crippen molar-refractivity contribution in [1.82, 2.24) is 4.72 Å². The van der Waals surface area contributed by atoms with Crippen LogP contribution >= 0.6 is 15.9 Å². The molecular weight excluding hydrogens is 206 g/mol. The quantitative estimate of drug-likeness (QED) is 0.413. The van der Waals surface area contributed by atoms with E-state index in [1.807, 2.05) is 0 Å². The maximum absolute atomic E-state index is 9.84. The van der Waals surface area contributed by atoms with Crippen molar-refractivity contribution >= 4 is 27.2 Å². The van der Waals surface area contributed by atoms with Gasteiger partial charge in [0.1, 0.15) is 0 Å². The first-order chi connectivity index (χ1) is 4.27. The number of hydrogen-bond donors (Lipinski definition) is 1. The van der Waals surface area contributed by atoms with Crippen LogP contribution in [-0.2, 0) is 11.3 Å². The predicted octanol–water partition coefficient (Wildman–Crippen LogP) is 0.545. The average molecular weight is 215 g/mol. The predicted molar refractivity (Wildman–Crippen MR) is 40.0 cm³/mol. The number of hydrogen-bond acceptors (Lipinski definition) is 2. The molecule has 1 N–H and O–H groups in total.